The quantitative estimate of drug-likeness (QED) is 0.690. The number of fused-ring (bicyclic) bond motifs is 5. The lowest BCUT2D eigenvalue weighted by Crippen LogP contribution is -2.48. The van der Waals surface area contributed by atoms with Crippen LogP contribution in [0.5, 0.6) is 11.5 Å². The highest BCUT2D eigenvalue weighted by Crippen LogP contribution is 2.61. The highest BCUT2D eigenvalue weighted by Gasteiger charge is 2.54. The summed E-state index contributed by atoms with van der Waals surface area (Å²) in [6, 6.07) is 15.8. The minimum atomic E-state index is 0.410. The fraction of sp³-hybridized carbons (Fsp3) is 0.556. The maximum absolute atomic E-state index is 5.56. The van der Waals surface area contributed by atoms with Gasteiger partial charge in [0.25, 0.3) is 0 Å². The van der Waals surface area contributed by atoms with Crippen molar-refractivity contribution in [3.05, 3.63) is 59.2 Å². The minimum absolute atomic E-state index is 0.410. The molecule has 3 unspecified atom stereocenters. The molecule has 5 rings (SSSR count). The zero-order valence-electron chi connectivity index (χ0n) is 18.6. The fourth-order valence-corrected chi connectivity index (χ4v) is 7.10. The van der Waals surface area contributed by atoms with E-state index in [1.54, 1.807) is 19.8 Å². The third-order valence-corrected chi connectivity index (χ3v) is 8.67. The second-order valence-electron chi connectivity index (χ2n) is 9.85. The summed E-state index contributed by atoms with van der Waals surface area (Å²) in [5, 5.41) is 3.95. The lowest BCUT2D eigenvalue weighted by atomic mass is 9.55. The normalized spacial score (nSPS) is 32.1. The van der Waals surface area contributed by atoms with E-state index in [2.05, 4.69) is 48.6 Å². The molecule has 0 saturated heterocycles. The number of aryl methyl sites for hydroxylation is 1. The molecule has 2 aromatic rings. The maximum Gasteiger partial charge on any atom is 0.123 e. The van der Waals surface area contributed by atoms with Gasteiger partial charge in [0.2, 0.25) is 0 Å². The van der Waals surface area contributed by atoms with Crippen molar-refractivity contribution < 1.29 is 9.47 Å². The molecule has 30 heavy (non-hydrogen) atoms. The van der Waals surface area contributed by atoms with Gasteiger partial charge in [-0.05, 0) is 91.0 Å². The van der Waals surface area contributed by atoms with Crippen LogP contribution >= 0.6 is 0 Å². The largest absolute Gasteiger partial charge is 0.497 e. The van der Waals surface area contributed by atoms with Crippen molar-refractivity contribution >= 4 is 0 Å². The second-order valence-corrected chi connectivity index (χ2v) is 9.85. The number of nitrogens with one attached hydrogen (secondary N) is 1. The Bertz CT molecular complexity index is 909. The van der Waals surface area contributed by atoms with Crippen molar-refractivity contribution in [2.75, 3.05) is 14.2 Å². The Kier molecular flexibility index (Phi) is 5.26. The van der Waals surface area contributed by atoms with E-state index in [1.165, 1.54) is 49.7 Å². The van der Waals surface area contributed by atoms with E-state index in [4.69, 9.17) is 9.47 Å². The van der Waals surface area contributed by atoms with Gasteiger partial charge < -0.3 is 14.8 Å². The molecule has 3 aliphatic rings. The van der Waals surface area contributed by atoms with Gasteiger partial charge >= 0.3 is 0 Å². The van der Waals surface area contributed by atoms with Crippen molar-refractivity contribution in [2.45, 2.75) is 64.0 Å². The van der Waals surface area contributed by atoms with E-state index in [0.29, 0.717) is 11.5 Å². The minimum Gasteiger partial charge on any atom is -0.497 e. The number of hydrogen-bond acceptors (Lipinski definition) is 3. The summed E-state index contributed by atoms with van der Waals surface area (Å²) in [5.41, 5.74) is 4.82. The smallest absolute Gasteiger partial charge is 0.123 e. The van der Waals surface area contributed by atoms with E-state index in [9.17, 15) is 0 Å². The highest BCUT2D eigenvalue weighted by atomic mass is 16.5. The van der Waals surface area contributed by atoms with Gasteiger partial charge in [-0.1, -0.05) is 31.2 Å². The first-order valence-electron chi connectivity index (χ1n) is 11.7. The van der Waals surface area contributed by atoms with Crippen LogP contribution in [0.4, 0.5) is 0 Å². The second kappa shape index (κ2) is 7.92. The van der Waals surface area contributed by atoms with Gasteiger partial charge in [0.05, 0.1) is 14.2 Å². The Hall–Kier alpha value is -2.00. The summed E-state index contributed by atoms with van der Waals surface area (Å²) < 4.78 is 11.0. The number of para-hydroxylation sites is 1. The maximum atomic E-state index is 5.56. The Morgan fingerprint density at radius 3 is 2.70 bits per heavy atom. The molecule has 1 N–H and O–H groups in total. The van der Waals surface area contributed by atoms with Crippen LogP contribution in [-0.2, 0) is 13.0 Å². The summed E-state index contributed by atoms with van der Waals surface area (Å²) in [7, 11) is 3.54. The molecule has 160 valence electrons. The van der Waals surface area contributed by atoms with Crippen LogP contribution in [0.25, 0.3) is 0 Å². The summed E-state index contributed by atoms with van der Waals surface area (Å²) in [6.45, 7) is 3.47. The highest BCUT2D eigenvalue weighted by molar-refractivity contribution is 5.41. The zero-order chi connectivity index (χ0) is 20.7. The molecule has 0 aromatic heterocycles. The molecule has 3 nitrogen and oxygen atoms in total. The Labute approximate surface area is 181 Å². The zero-order valence-corrected chi connectivity index (χ0v) is 18.6. The number of methoxy groups -OCH3 is 2. The molecular weight excluding hydrogens is 370 g/mol. The van der Waals surface area contributed by atoms with Crippen LogP contribution in [0, 0.1) is 17.3 Å². The van der Waals surface area contributed by atoms with Gasteiger partial charge in [-0.3, -0.25) is 0 Å². The summed E-state index contributed by atoms with van der Waals surface area (Å²) in [4.78, 5) is 0. The lowest BCUT2D eigenvalue weighted by Gasteiger charge is -2.51. The molecule has 0 bridgehead atoms. The molecule has 3 aliphatic carbocycles. The summed E-state index contributed by atoms with van der Waals surface area (Å²) in [5.74, 6) is 4.41. The molecule has 2 aromatic carbocycles. The van der Waals surface area contributed by atoms with Crippen molar-refractivity contribution in [3.8, 4) is 11.5 Å². The van der Waals surface area contributed by atoms with Gasteiger partial charge in [0.1, 0.15) is 11.5 Å². The van der Waals surface area contributed by atoms with E-state index in [1.807, 2.05) is 6.07 Å². The number of rotatable bonds is 5. The van der Waals surface area contributed by atoms with Crippen LogP contribution in [0.1, 0.15) is 61.6 Å². The van der Waals surface area contributed by atoms with E-state index >= 15 is 0 Å². The molecule has 0 radical (unpaired) electrons. The molecule has 0 aliphatic heterocycles. The fourth-order valence-electron chi connectivity index (χ4n) is 7.10. The van der Waals surface area contributed by atoms with Crippen LogP contribution in [0.3, 0.4) is 0 Å². The average Bonchev–Trinajstić information content (AvgIpc) is 3.13. The van der Waals surface area contributed by atoms with Gasteiger partial charge in [-0.15, -0.1) is 0 Å². The standard InChI is InChI=1S/C27H35NO2/c1-27-15-14-22-21-11-9-20(29-2)16-18(21)8-10-23(22)24(27)12-13-26(27)28-17-19-6-4-5-7-25(19)30-3/h4-7,9,11,16,22-24,26,28H,8,10,12-15,17H2,1-3H3/t22?,23?,24?,26-,27+/m1/s1. The van der Waals surface area contributed by atoms with Crippen LogP contribution < -0.4 is 14.8 Å². The van der Waals surface area contributed by atoms with Crippen molar-refractivity contribution in [1.29, 1.82) is 0 Å². The molecular formula is C27H35NO2. The van der Waals surface area contributed by atoms with Crippen molar-refractivity contribution in [1.82, 2.24) is 5.32 Å². The lowest BCUT2D eigenvalue weighted by molar-refractivity contribution is 0.0407. The third kappa shape index (κ3) is 3.22. The number of hydrogen-bond donors (Lipinski definition) is 1. The first-order valence-corrected chi connectivity index (χ1v) is 11.7. The molecule has 3 heteroatoms. The van der Waals surface area contributed by atoms with Crippen molar-refractivity contribution in [2.24, 2.45) is 17.3 Å². The van der Waals surface area contributed by atoms with E-state index in [0.717, 1.165) is 35.8 Å². The van der Waals surface area contributed by atoms with Gasteiger partial charge in [-0.25, -0.2) is 0 Å². The molecule has 0 amide bonds. The molecule has 2 fully saturated rings. The predicted octanol–water partition coefficient (Wildman–Crippen LogP) is 5.72. The van der Waals surface area contributed by atoms with Crippen molar-refractivity contribution in [3.63, 3.8) is 0 Å². The number of ether oxygens (including phenoxy) is 2. The van der Waals surface area contributed by atoms with E-state index < -0.39 is 0 Å². The van der Waals surface area contributed by atoms with Gasteiger partial charge in [-0.2, -0.15) is 0 Å². The van der Waals surface area contributed by atoms with Crippen LogP contribution in [-0.4, -0.2) is 20.3 Å². The van der Waals surface area contributed by atoms with Crippen LogP contribution in [0.15, 0.2) is 42.5 Å². The van der Waals surface area contributed by atoms with Gasteiger partial charge in [0, 0.05) is 18.2 Å². The number of benzene rings is 2. The first-order chi connectivity index (χ1) is 14.6. The Balaban J connectivity index is 1.33. The summed E-state index contributed by atoms with van der Waals surface area (Å²) in [6.07, 6.45) is 7.86. The van der Waals surface area contributed by atoms with Gasteiger partial charge in [0.15, 0.2) is 0 Å². The monoisotopic (exact) mass is 405 g/mol. The van der Waals surface area contributed by atoms with E-state index in [-0.39, 0.29) is 0 Å². The SMILES string of the molecule is COc1ccc2c(c1)CCC1C2CC[C@@]2(C)C1CC[C@H]2NCc1ccccc1OC. The molecule has 0 heterocycles. The first kappa shape index (κ1) is 19.9. The topological polar surface area (TPSA) is 30.5 Å². The molecule has 0 spiro atoms. The summed E-state index contributed by atoms with van der Waals surface area (Å²) >= 11 is 0. The average molecular weight is 406 g/mol. The predicted molar refractivity (Wildman–Crippen MR) is 121 cm³/mol. The molecule has 2 saturated carbocycles. The molecule has 5 atom stereocenters. The third-order valence-electron chi connectivity index (χ3n) is 8.67. The Morgan fingerprint density at radius 2 is 1.87 bits per heavy atom. The van der Waals surface area contributed by atoms with Crippen LogP contribution in [0.2, 0.25) is 0 Å². The Morgan fingerprint density at radius 1 is 1.00 bits per heavy atom.